The molecule has 2 heteroatoms. The van der Waals surface area contributed by atoms with Crippen molar-refractivity contribution in [3.63, 3.8) is 0 Å². The Morgan fingerprint density at radius 1 is 1.06 bits per heavy atom. The van der Waals surface area contributed by atoms with Gasteiger partial charge in [0, 0.05) is 25.2 Å². The van der Waals surface area contributed by atoms with Gasteiger partial charge >= 0.3 is 0 Å². The minimum Gasteiger partial charge on any atom is -0.328 e. The van der Waals surface area contributed by atoms with Gasteiger partial charge in [0.05, 0.1) is 0 Å². The van der Waals surface area contributed by atoms with Crippen molar-refractivity contribution in [2.45, 2.75) is 78.3 Å². The lowest BCUT2D eigenvalue weighted by molar-refractivity contribution is 0.124. The van der Waals surface area contributed by atoms with Gasteiger partial charge in [-0.15, -0.1) is 0 Å². The molecule has 2 N–H and O–H groups in total. The van der Waals surface area contributed by atoms with E-state index in [0.29, 0.717) is 6.04 Å². The van der Waals surface area contributed by atoms with Crippen LogP contribution >= 0.6 is 0 Å². The summed E-state index contributed by atoms with van der Waals surface area (Å²) in [6.45, 7) is 11.9. The second kappa shape index (κ2) is 8.16. The summed E-state index contributed by atoms with van der Waals surface area (Å²) >= 11 is 0. The van der Waals surface area contributed by atoms with E-state index < -0.39 is 0 Å². The number of rotatable bonds is 7. The summed E-state index contributed by atoms with van der Waals surface area (Å²) in [6.07, 6.45) is 7.74. The van der Waals surface area contributed by atoms with Crippen molar-refractivity contribution in [1.29, 1.82) is 0 Å². The molecule has 0 amide bonds. The second-order valence-corrected chi connectivity index (χ2v) is 6.60. The highest BCUT2D eigenvalue weighted by Gasteiger charge is 2.24. The molecule has 0 aromatic rings. The number of hydrogen-bond donors (Lipinski definition) is 1. The van der Waals surface area contributed by atoms with Gasteiger partial charge < -0.3 is 5.73 Å². The Morgan fingerprint density at radius 3 is 2.06 bits per heavy atom. The Balaban J connectivity index is 2.49. The van der Waals surface area contributed by atoms with Crippen LogP contribution in [0.5, 0.6) is 0 Å². The number of nitrogens with zero attached hydrogens (tertiary/aromatic N) is 1. The maximum atomic E-state index is 6.01. The van der Waals surface area contributed by atoms with Gasteiger partial charge in [0.25, 0.3) is 0 Å². The molecule has 0 aliphatic heterocycles. The molecule has 108 valence electrons. The van der Waals surface area contributed by atoms with Crippen LogP contribution in [-0.4, -0.2) is 30.1 Å². The fraction of sp³-hybridized carbons (Fsp3) is 1.00. The van der Waals surface area contributed by atoms with Gasteiger partial charge in [-0.1, -0.05) is 27.7 Å². The van der Waals surface area contributed by atoms with E-state index in [9.17, 15) is 0 Å². The van der Waals surface area contributed by atoms with Crippen LogP contribution in [0, 0.1) is 11.8 Å². The van der Waals surface area contributed by atoms with E-state index >= 15 is 0 Å². The predicted octanol–water partition coefficient (Wildman–Crippen LogP) is 3.65. The highest BCUT2D eigenvalue weighted by atomic mass is 15.2. The van der Waals surface area contributed by atoms with E-state index in [0.717, 1.165) is 17.9 Å². The third-order valence-electron chi connectivity index (χ3n) is 4.44. The highest BCUT2D eigenvalue weighted by molar-refractivity contribution is 4.79. The third-order valence-corrected chi connectivity index (χ3v) is 4.44. The lowest BCUT2D eigenvalue weighted by Crippen LogP contribution is -2.42. The molecule has 0 aromatic heterocycles. The summed E-state index contributed by atoms with van der Waals surface area (Å²) in [6, 6.07) is 1.26. The van der Waals surface area contributed by atoms with Gasteiger partial charge in [-0.05, 0) is 50.4 Å². The summed E-state index contributed by atoms with van der Waals surface area (Å²) in [4.78, 5) is 2.76. The molecule has 0 unspecified atom stereocenters. The van der Waals surface area contributed by atoms with Gasteiger partial charge in [0.15, 0.2) is 0 Å². The Bertz CT molecular complexity index is 203. The van der Waals surface area contributed by atoms with E-state index in [1.54, 1.807) is 0 Å². The first-order valence-corrected chi connectivity index (χ1v) is 8.06. The van der Waals surface area contributed by atoms with E-state index in [1.807, 2.05) is 0 Å². The van der Waals surface area contributed by atoms with Crippen LogP contribution in [0.1, 0.15) is 66.2 Å². The van der Waals surface area contributed by atoms with Crippen molar-refractivity contribution >= 4 is 0 Å². The summed E-state index contributed by atoms with van der Waals surface area (Å²) in [7, 11) is 0. The second-order valence-electron chi connectivity index (χ2n) is 6.60. The molecule has 0 atom stereocenters. The molecule has 1 rings (SSSR count). The van der Waals surface area contributed by atoms with Crippen molar-refractivity contribution in [2.24, 2.45) is 17.6 Å². The minimum atomic E-state index is 0.480. The molecular formula is C16H34N2. The van der Waals surface area contributed by atoms with Crippen LogP contribution < -0.4 is 5.73 Å². The van der Waals surface area contributed by atoms with Crippen LogP contribution in [0.3, 0.4) is 0 Å². The molecule has 0 bridgehead atoms. The average Bonchev–Trinajstić information content (AvgIpc) is 2.33. The van der Waals surface area contributed by atoms with Crippen LogP contribution in [0.2, 0.25) is 0 Å². The zero-order chi connectivity index (χ0) is 13.5. The SMILES string of the molecule is CCC(CC)N(CC(C)C)CC1CCC(N)CC1. The topological polar surface area (TPSA) is 29.3 Å². The van der Waals surface area contributed by atoms with E-state index in [4.69, 9.17) is 5.73 Å². The van der Waals surface area contributed by atoms with Gasteiger partial charge in [0.1, 0.15) is 0 Å². The molecule has 2 nitrogen and oxygen atoms in total. The summed E-state index contributed by atoms with van der Waals surface area (Å²) in [5.41, 5.74) is 6.01. The molecule has 0 radical (unpaired) electrons. The van der Waals surface area contributed by atoms with Crippen molar-refractivity contribution < 1.29 is 0 Å². The third kappa shape index (κ3) is 5.27. The smallest absolute Gasteiger partial charge is 0.00902 e. The molecular weight excluding hydrogens is 220 g/mol. The largest absolute Gasteiger partial charge is 0.328 e. The maximum Gasteiger partial charge on any atom is 0.00902 e. The van der Waals surface area contributed by atoms with Crippen LogP contribution in [0.4, 0.5) is 0 Å². The number of nitrogens with two attached hydrogens (primary N) is 1. The Morgan fingerprint density at radius 2 is 1.61 bits per heavy atom. The van der Waals surface area contributed by atoms with E-state index in [-0.39, 0.29) is 0 Å². The summed E-state index contributed by atoms with van der Waals surface area (Å²) < 4.78 is 0. The molecule has 0 saturated heterocycles. The van der Waals surface area contributed by atoms with Crippen molar-refractivity contribution in [1.82, 2.24) is 4.90 Å². The van der Waals surface area contributed by atoms with Crippen molar-refractivity contribution in [2.75, 3.05) is 13.1 Å². The van der Waals surface area contributed by atoms with Crippen molar-refractivity contribution in [3.8, 4) is 0 Å². The first kappa shape index (κ1) is 16.0. The Kier molecular flexibility index (Phi) is 7.25. The zero-order valence-electron chi connectivity index (χ0n) is 13.0. The summed E-state index contributed by atoms with van der Waals surface area (Å²) in [5.74, 6) is 1.67. The fourth-order valence-corrected chi connectivity index (χ4v) is 3.35. The van der Waals surface area contributed by atoms with Crippen LogP contribution in [-0.2, 0) is 0 Å². The summed E-state index contributed by atoms with van der Waals surface area (Å²) in [5, 5.41) is 0. The number of hydrogen-bond acceptors (Lipinski definition) is 2. The van der Waals surface area contributed by atoms with Crippen LogP contribution in [0.15, 0.2) is 0 Å². The lowest BCUT2D eigenvalue weighted by Gasteiger charge is -2.37. The monoisotopic (exact) mass is 254 g/mol. The standard InChI is InChI=1S/C16H34N2/c1-5-16(6-2)18(11-13(3)4)12-14-7-9-15(17)10-8-14/h13-16H,5-12,17H2,1-4H3. The lowest BCUT2D eigenvalue weighted by atomic mass is 9.85. The molecule has 0 aromatic carbocycles. The maximum absolute atomic E-state index is 6.01. The average molecular weight is 254 g/mol. The minimum absolute atomic E-state index is 0.480. The Hall–Kier alpha value is -0.0800. The van der Waals surface area contributed by atoms with E-state index in [1.165, 1.54) is 51.6 Å². The molecule has 1 aliphatic rings. The van der Waals surface area contributed by atoms with Gasteiger partial charge in [-0.25, -0.2) is 0 Å². The fourth-order valence-electron chi connectivity index (χ4n) is 3.35. The van der Waals surface area contributed by atoms with E-state index in [2.05, 4.69) is 32.6 Å². The first-order chi connectivity index (χ1) is 8.56. The quantitative estimate of drug-likeness (QED) is 0.751. The first-order valence-electron chi connectivity index (χ1n) is 8.06. The van der Waals surface area contributed by atoms with Gasteiger partial charge in [-0.2, -0.15) is 0 Å². The molecule has 1 aliphatic carbocycles. The van der Waals surface area contributed by atoms with Crippen LogP contribution in [0.25, 0.3) is 0 Å². The predicted molar refractivity (Wildman–Crippen MR) is 80.7 cm³/mol. The van der Waals surface area contributed by atoms with Gasteiger partial charge in [-0.3, -0.25) is 4.90 Å². The van der Waals surface area contributed by atoms with Gasteiger partial charge in [0.2, 0.25) is 0 Å². The molecule has 0 heterocycles. The zero-order valence-corrected chi connectivity index (χ0v) is 13.0. The van der Waals surface area contributed by atoms with Crippen molar-refractivity contribution in [3.05, 3.63) is 0 Å². The normalized spacial score (nSPS) is 25.3. The molecule has 1 fully saturated rings. The molecule has 18 heavy (non-hydrogen) atoms. The molecule has 1 saturated carbocycles. The molecule has 0 spiro atoms. The Labute approximate surface area is 114 Å². The highest BCUT2D eigenvalue weighted by Crippen LogP contribution is 2.25.